The van der Waals surface area contributed by atoms with Gasteiger partial charge in [0.25, 0.3) is 0 Å². The molecule has 0 aliphatic heterocycles. The van der Waals surface area contributed by atoms with E-state index in [0.29, 0.717) is 11.1 Å². The van der Waals surface area contributed by atoms with E-state index in [2.05, 4.69) is 10.2 Å². The summed E-state index contributed by atoms with van der Waals surface area (Å²) in [5, 5.41) is 32.2. The van der Waals surface area contributed by atoms with Crippen molar-refractivity contribution in [2.45, 2.75) is 0 Å². The molecule has 2 N–H and O–H groups in total. The molecule has 4 nitrogen and oxygen atoms in total. The Morgan fingerprint density at radius 3 is 1.42 bits per heavy atom. The zero-order chi connectivity index (χ0) is 17.9. The zero-order valence-electron chi connectivity index (χ0n) is 13.9. The first-order valence-electron chi connectivity index (χ1n) is 8.22. The lowest BCUT2D eigenvalue weighted by molar-refractivity contribution is 0.474. The van der Waals surface area contributed by atoms with Gasteiger partial charge in [-0.15, -0.1) is 0 Å². The Morgan fingerprint density at radius 2 is 0.962 bits per heavy atom. The maximum atomic E-state index is 10.1. The molecule has 0 atom stereocenters. The Hall–Kier alpha value is -3.66. The van der Waals surface area contributed by atoms with Gasteiger partial charge in [0, 0.05) is 11.1 Å². The number of rotatable bonds is 3. The normalized spacial score (nSPS) is 11.8. The predicted molar refractivity (Wildman–Crippen MR) is 106 cm³/mol. The van der Waals surface area contributed by atoms with Crippen molar-refractivity contribution in [3.05, 3.63) is 83.9 Å². The van der Waals surface area contributed by atoms with Gasteiger partial charge in [-0.3, -0.25) is 0 Å². The van der Waals surface area contributed by atoms with Gasteiger partial charge in [0.05, 0.1) is 12.4 Å². The third-order valence-corrected chi connectivity index (χ3v) is 4.34. The van der Waals surface area contributed by atoms with Crippen LogP contribution in [0.2, 0.25) is 0 Å². The first-order chi connectivity index (χ1) is 12.7. The number of phenols is 2. The highest BCUT2D eigenvalue weighted by Gasteiger charge is 2.05. The molecule has 0 aliphatic carbocycles. The first-order valence-corrected chi connectivity index (χ1v) is 8.22. The van der Waals surface area contributed by atoms with Crippen LogP contribution in [-0.2, 0) is 0 Å². The summed E-state index contributed by atoms with van der Waals surface area (Å²) in [6.07, 6.45) is 3.05. The number of benzene rings is 4. The number of hydrogen-bond acceptors (Lipinski definition) is 4. The summed E-state index contributed by atoms with van der Waals surface area (Å²) in [7, 11) is 0. The average molecular weight is 340 g/mol. The van der Waals surface area contributed by atoms with E-state index in [1.807, 2.05) is 60.7 Å². The molecule has 0 amide bonds. The highest BCUT2D eigenvalue weighted by molar-refractivity contribution is 6.04. The first kappa shape index (κ1) is 15.8. The van der Waals surface area contributed by atoms with Crippen molar-refractivity contribution in [3.63, 3.8) is 0 Å². The van der Waals surface area contributed by atoms with E-state index in [-0.39, 0.29) is 11.5 Å². The van der Waals surface area contributed by atoms with E-state index in [1.54, 1.807) is 12.1 Å². The number of fused-ring (bicyclic) bond motifs is 2. The van der Waals surface area contributed by atoms with Crippen LogP contribution in [0.5, 0.6) is 11.5 Å². The molecule has 0 spiro atoms. The van der Waals surface area contributed by atoms with Crippen molar-refractivity contribution in [2.24, 2.45) is 10.2 Å². The van der Waals surface area contributed by atoms with Crippen LogP contribution >= 0.6 is 0 Å². The number of nitrogens with zero attached hydrogens (tertiary/aromatic N) is 2. The second-order valence-electron chi connectivity index (χ2n) is 5.93. The fourth-order valence-corrected chi connectivity index (χ4v) is 3.02. The summed E-state index contributed by atoms with van der Waals surface area (Å²) in [6.45, 7) is 0. The van der Waals surface area contributed by atoms with Gasteiger partial charge < -0.3 is 10.2 Å². The van der Waals surface area contributed by atoms with Gasteiger partial charge in [-0.05, 0) is 33.7 Å². The largest absolute Gasteiger partial charge is 0.507 e. The predicted octanol–water partition coefficient (Wildman–Crippen LogP) is 4.86. The molecule has 0 saturated heterocycles. The van der Waals surface area contributed by atoms with Gasteiger partial charge in [0.1, 0.15) is 11.5 Å². The smallest absolute Gasteiger partial charge is 0.125 e. The van der Waals surface area contributed by atoms with Crippen molar-refractivity contribution in [1.82, 2.24) is 0 Å². The fourth-order valence-electron chi connectivity index (χ4n) is 3.02. The monoisotopic (exact) mass is 340 g/mol. The summed E-state index contributed by atoms with van der Waals surface area (Å²) < 4.78 is 0. The van der Waals surface area contributed by atoms with E-state index in [4.69, 9.17) is 0 Å². The molecular weight excluding hydrogens is 324 g/mol. The molecule has 0 unspecified atom stereocenters. The fraction of sp³-hybridized carbons (Fsp3) is 0. The Bertz CT molecular complexity index is 1070. The van der Waals surface area contributed by atoms with Crippen LogP contribution in [0.25, 0.3) is 21.5 Å². The molecule has 4 aromatic carbocycles. The van der Waals surface area contributed by atoms with Crippen LogP contribution < -0.4 is 0 Å². The van der Waals surface area contributed by atoms with E-state index < -0.39 is 0 Å². The molecule has 4 aromatic rings. The Balaban J connectivity index is 1.70. The van der Waals surface area contributed by atoms with Gasteiger partial charge in [0.2, 0.25) is 0 Å². The average Bonchev–Trinajstić information content (AvgIpc) is 2.68. The van der Waals surface area contributed by atoms with Gasteiger partial charge in [-0.25, -0.2) is 0 Å². The highest BCUT2D eigenvalue weighted by Crippen LogP contribution is 2.26. The maximum absolute atomic E-state index is 10.1. The summed E-state index contributed by atoms with van der Waals surface area (Å²) in [6, 6.07) is 22.5. The van der Waals surface area contributed by atoms with Crippen molar-refractivity contribution >= 4 is 34.0 Å². The number of hydrogen-bond donors (Lipinski definition) is 2. The zero-order valence-corrected chi connectivity index (χ0v) is 13.9. The molecule has 0 aromatic heterocycles. The highest BCUT2D eigenvalue weighted by atomic mass is 16.3. The van der Waals surface area contributed by atoms with Crippen LogP contribution in [-0.4, -0.2) is 22.6 Å². The van der Waals surface area contributed by atoms with Crippen LogP contribution in [0.4, 0.5) is 0 Å². The lowest BCUT2D eigenvalue weighted by Gasteiger charge is -2.04. The van der Waals surface area contributed by atoms with Gasteiger partial charge >= 0.3 is 0 Å². The van der Waals surface area contributed by atoms with Crippen LogP contribution in [0.15, 0.2) is 83.0 Å². The summed E-state index contributed by atoms with van der Waals surface area (Å²) in [5.74, 6) is 0.298. The second kappa shape index (κ2) is 6.69. The Morgan fingerprint density at radius 1 is 0.538 bits per heavy atom. The third-order valence-electron chi connectivity index (χ3n) is 4.34. The van der Waals surface area contributed by atoms with Crippen LogP contribution in [0.1, 0.15) is 11.1 Å². The maximum Gasteiger partial charge on any atom is 0.125 e. The lowest BCUT2D eigenvalue weighted by atomic mass is 10.0. The van der Waals surface area contributed by atoms with Crippen molar-refractivity contribution in [2.75, 3.05) is 0 Å². The molecule has 0 aliphatic rings. The number of phenolic OH excluding ortho intramolecular Hbond substituents is 2. The lowest BCUT2D eigenvalue weighted by Crippen LogP contribution is -1.87. The van der Waals surface area contributed by atoms with E-state index >= 15 is 0 Å². The Labute approximate surface area is 150 Å². The minimum Gasteiger partial charge on any atom is -0.507 e. The molecule has 26 heavy (non-hydrogen) atoms. The van der Waals surface area contributed by atoms with E-state index in [9.17, 15) is 10.2 Å². The Kier molecular flexibility index (Phi) is 4.07. The minimum absolute atomic E-state index is 0.149. The molecular formula is C22H16N2O2. The SMILES string of the molecule is Oc1ccc2ccccc2c1/C=N\N=C\c1c(O)ccc2ccccc12. The molecule has 4 rings (SSSR count). The van der Waals surface area contributed by atoms with Gasteiger partial charge in [-0.2, -0.15) is 10.2 Å². The number of aromatic hydroxyl groups is 2. The van der Waals surface area contributed by atoms with Crippen LogP contribution in [0, 0.1) is 0 Å². The van der Waals surface area contributed by atoms with Gasteiger partial charge in [-0.1, -0.05) is 60.7 Å². The van der Waals surface area contributed by atoms with E-state index in [1.165, 1.54) is 12.4 Å². The molecule has 0 fully saturated rings. The van der Waals surface area contributed by atoms with Crippen molar-refractivity contribution in [1.29, 1.82) is 0 Å². The van der Waals surface area contributed by atoms with Crippen LogP contribution in [0.3, 0.4) is 0 Å². The summed E-state index contributed by atoms with van der Waals surface area (Å²) in [4.78, 5) is 0. The van der Waals surface area contributed by atoms with Crippen molar-refractivity contribution in [3.8, 4) is 11.5 Å². The molecule has 0 radical (unpaired) electrons. The van der Waals surface area contributed by atoms with Gasteiger partial charge in [0.15, 0.2) is 0 Å². The topological polar surface area (TPSA) is 65.2 Å². The summed E-state index contributed by atoms with van der Waals surface area (Å²) >= 11 is 0. The van der Waals surface area contributed by atoms with Crippen molar-refractivity contribution < 1.29 is 10.2 Å². The summed E-state index contributed by atoms with van der Waals surface area (Å²) in [5.41, 5.74) is 1.23. The second-order valence-corrected chi connectivity index (χ2v) is 5.93. The van der Waals surface area contributed by atoms with E-state index in [0.717, 1.165) is 21.5 Å². The third kappa shape index (κ3) is 2.89. The molecule has 4 heteroatoms. The standard InChI is InChI=1S/C22H16N2O2/c25-21-11-9-15-5-1-3-7-17(15)19(21)13-23-24-14-20-18-8-4-2-6-16(18)10-12-22(20)26/h1-14,25-26H/b23-13-,24-14+. The molecule has 0 saturated carbocycles. The molecule has 0 bridgehead atoms. The molecule has 126 valence electrons. The minimum atomic E-state index is 0.149. The quantitative estimate of drug-likeness (QED) is 0.413. The molecule has 0 heterocycles.